The summed E-state index contributed by atoms with van der Waals surface area (Å²) in [5.74, 6) is -0.0240. The number of rotatable bonds is 5. The lowest BCUT2D eigenvalue weighted by molar-refractivity contribution is 0.0944. The average molecular weight is 347 g/mol. The molecule has 0 radical (unpaired) electrons. The monoisotopic (exact) mass is 346 g/mol. The summed E-state index contributed by atoms with van der Waals surface area (Å²) >= 11 is 7.64. The first kappa shape index (κ1) is 16.1. The summed E-state index contributed by atoms with van der Waals surface area (Å²) in [6, 6.07) is 12.0. The molecule has 1 aromatic carbocycles. The Morgan fingerprint density at radius 2 is 2.13 bits per heavy atom. The zero-order valence-corrected chi connectivity index (χ0v) is 14.7. The predicted octanol–water partition coefficient (Wildman–Crippen LogP) is 4.91. The number of amides is 1. The molecule has 3 aromatic rings. The van der Waals surface area contributed by atoms with Crippen LogP contribution >= 0.6 is 22.9 Å². The number of nitrogens with one attached hydrogen (secondary N) is 1. The fourth-order valence-electron chi connectivity index (χ4n) is 2.78. The highest BCUT2D eigenvalue weighted by molar-refractivity contribution is 7.17. The number of aromatic nitrogens is 1. The van der Waals surface area contributed by atoms with Crippen molar-refractivity contribution in [2.24, 2.45) is 0 Å². The molecule has 0 aliphatic heterocycles. The molecule has 120 valence electrons. The van der Waals surface area contributed by atoms with Gasteiger partial charge in [0.15, 0.2) is 0 Å². The fourth-order valence-corrected chi connectivity index (χ4v) is 3.80. The molecule has 1 N–H and O–H groups in total. The van der Waals surface area contributed by atoms with E-state index in [1.165, 1.54) is 0 Å². The molecule has 0 fully saturated rings. The van der Waals surface area contributed by atoms with E-state index in [0.717, 1.165) is 32.9 Å². The van der Waals surface area contributed by atoms with Gasteiger partial charge < -0.3 is 9.88 Å². The van der Waals surface area contributed by atoms with Gasteiger partial charge in [-0.3, -0.25) is 4.79 Å². The van der Waals surface area contributed by atoms with Crippen molar-refractivity contribution >= 4 is 39.1 Å². The lowest BCUT2D eigenvalue weighted by atomic mass is 10.1. The van der Waals surface area contributed by atoms with Crippen LogP contribution in [0, 0.1) is 0 Å². The molecular weight excluding hydrogens is 328 g/mol. The van der Waals surface area contributed by atoms with Crippen LogP contribution in [0.15, 0.2) is 41.8 Å². The first-order valence-corrected chi connectivity index (χ1v) is 8.93. The van der Waals surface area contributed by atoms with E-state index in [1.54, 1.807) is 11.3 Å². The molecule has 0 aliphatic carbocycles. The summed E-state index contributed by atoms with van der Waals surface area (Å²) in [7, 11) is 0. The number of thiophene rings is 1. The maximum absolute atomic E-state index is 12.5. The highest BCUT2D eigenvalue weighted by Crippen LogP contribution is 2.28. The molecule has 2 aromatic heterocycles. The first-order chi connectivity index (χ1) is 11.1. The van der Waals surface area contributed by atoms with E-state index < -0.39 is 0 Å². The predicted molar refractivity (Wildman–Crippen MR) is 97.7 cm³/mol. The quantitative estimate of drug-likeness (QED) is 0.699. The zero-order valence-electron chi connectivity index (χ0n) is 13.2. The summed E-state index contributed by atoms with van der Waals surface area (Å²) in [6.45, 7) is 4.79. The topological polar surface area (TPSA) is 34.0 Å². The van der Waals surface area contributed by atoms with Crippen LogP contribution in [0.2, 0.25) is 5.02 Å². The van der Waals surface area contributed by atoms with Crippen LogP contribution < -0.4 is 5.32 Å². The number of carbonyl (C=O) groups excluding carboxylic acids is 1. The van der Waals surface area contributed by atoms with Crippen molar-refractivity contribution in [3.05, 3.63) is 58.1 Å². The normalized spacial score (nSPS) is 11.3. The van der Waals surface area contributed by atoms with E-state index in [2.05, 4.69) is 35.2 Å². The fraction of sp³-hybridized carbons (Fsp3) is 0.278. The second kappa shape index (κ2) is 6.77. The lowest BCUT2D eigenvalue weighted by Gasteiger charge is -2.14. The molecule has 0 bridgehead atoms. The van der Waals surface area contributed by atoms with Gasteiger partial charge in [0.1, 0.15) is 5.69 Å². The van der Waals surface area contributed by atoms with Crippen molar-refractivity contribution < 1.29 is 4.79 Å². The minimum absolute atomic E-state index is 0.0240. The van der Waals surface area contributed by atoms with Gasteiger partial charge in [0.25, 0.3) is 5.91 Å². The minimum Gasteiger partial charge on any atom is -0.350 e. The Bertz CT molecular complexity index is 835. The standard InChI is InChI=1S/C18H19ClN2OS/c1-12(2)21-15-7-9-23-17(15)11-16(21)18(22)20-8-6-13-4-3-5-14(19)10-13/h3-5,7,9-12H,6,8H2,1-2H3,(H,20,22). The summed E-state index contributed by atoms with van der Waals surface area (Å²) in [6.07, 6.45) is 0.767. The number of hydrogen-bond acceptors (Lipinski definition) is 2. The highest BCUT2D eigenvalue weighted by atomic mass is 35.5. The van der Waals surface area contributed by atoms with Crippen molar-refractivity contribution in [3.63, 3.8) is 0 Å². The Balaban J connectivity index is 1.71. The average Bonchev–Trinajstić information content (AvgIpc) is 3.06. The van der Waals surface area contributed by atoms with Gasteiger partial charge in [-0.05, 0) is 55.5 Å². The van der Waals surface area contributed by atoms with Gasteiger partial charge in [-0.15, -0.1) is 11.3 Å². The number of carbonyl (C=O) groups is 1. The van der Waals surface area contributed by atoms with Crippen molar-refractivity contribution in [2.45, 2.75) is 26.3 Å². The molecule has 0 spiro atoms. The third kappa shape index (κ3) is 3.43. The van der Waals surface area contributed by atoms with Crippen molar-refractivity contribution in [2.75, 3.05) is 6.54 Å². The van der Waals surface area contributed by atoms with E-state index in [1.807, 2.05) is 30.3 Å². The van der Waals surface area contributed by atoms with Gasteiger partial charge in [0, 0.05) is 17.6 Å². The van der Waals surface area contributed by atoms with E-state index >= 15 is 0 Å². The molecule has 0 saturated carbocycles. The van der Waals surface area contributed by atoms with E-state index in [-0.39, 0.29) is 11.9 Å². The molecule has 0 atom stereocenters. The number of hydrogen-bond donors (Lipinski definition) is 1. The van der Waals surface area contributed by atoms with Crippen LogP contribution in [0.3, 0.4) is 0 Å². The zero-order chi connectivity index (χ0) is 16.4. The molecular formula is C18H19ClN2OS. The molecule has 1 amide bonds. The van der Waals surface area contributed by atoms with Crippen LogP contribution in [-0.2, 0) is 6.42 Å². The SMILES string of the molecule is CC(C)n1c(C(=O)NCCc2cccc(Cl)c2)cc2sccc21. The summed E-state index contributed by atoms with van der Waals surface area (Å²) in [4.78, 5) is 12.5. The second-order valence-corrected chi connectivity index (χ2v) is 7.18. The van der Waals surface area contributed by atoms with Crippen molar-refractivity contribution in [3.8, 4) is 0 Å². The third-order valence-electron chi connectivity index (χ3n) is 3.80. The summed E-state index contributed by atoms with van der Waals surface area (Å²) in [5.41, 5.74) is 2.98. The number of benzene rings is 1. The molecule has 3 rings (SSSR count). The summed E-state index contributed by atoms with van der Waals surface area (Å²) in [5, 5.41) is 5.80. The molecule has 2 heterocycles. The van der Waals surface area contributed by atoms with Gasteiger partial charge in [-0.1, -0.05) is 23.7 Å². The lowest BCUT2D eigenvalue weighted by Crippen LogP contribution is -2.28. The van der Waals surface area contributed by atoms with Crippen LogP contribution in [0.4, 0.5) is 0 Å². The number of fused-ring (bicyclic) bond motifs is 1. The maximum atomic E-state index is 12.5. The third-order valence-corrected chi connectivity index (χ3v) is 4.89. The van der Waals surface area contributed by atoms with Gasteiger partial charge in [-0.2, -0.15) is 0 Å². The molecule has 0 saturated heterocycles. The molecule has 3 nitrogen and oxygen atoms in total. The van der Waals surface area contributed by atoms with Gasteiger partial charge >= 0.3 is 0 Å². The van der Waals surface area contributed by atoms with Crippen LogP contribution in [0.25, 0.3) is 10.2 Å². The smallest absolute Gasteiger partial charge is 0.267 e. The van der Waals surface area contributed by atoms with Gasteiger partial charge in [-0.25, -0.2) is 0 Å². The summed E-state index contributed by atoms with van der Waals surface area (Å²) < 4.78 is 3.25. The van der Waals surface area contributed by atoms with E-state index in [9.17, 15) is 4.79 Å². The Morgan fingerprint density at radius 1 is 1.30 bits per heavy atom. The Hall–Kier alpha value is -1.78. The highest BCUT2D eigenvalue weighted by Gasteiger charge is 2.17. The van der Waals surface area contributed by atoms with Crippen molar-refractivity contribution in [1.82, 2.24) is 9.88 Å². The number of halogens is 1. The van der Waals surface area contributed by atoms with Crippen LogP contribution in [0.1, 0.15) is 35.9 Å². The molecule has 0 unspecified atom stereocenters. The van der Waals surface area contributed by atoms with E-state index in [0.29, 0.717) is 6.54 Å². The molecule has 0 aliphatic rings. The van der Waals surface area contributed by atoms with Gasteiger partial charge in [0.2, 0.25) is 0 Å². The Kier molecular flexibility index (Phi) is 4.74. The first-order valence-electron chi connectivity index (χ1n) is 7.67. The Labute approximate surface area is 144 Å². The molecule has 5 heteroatoms. The maximum Gasteiger partial charge on any atom is 0.267 e. The second-order valence-electron chi connectivity index (χ2n) is 5.80. The van der Waals surface area contributed by atoms with Gasteiger partial charge in [0.05, 0.1) is 10.2 Å². The molecule has 23 heavy (non-hydrogen) atoms. The Morgan fingerprint density at radius 3 is 2.87 bits per heavy atom. The van der Waals surface area contributed by atoms with Crippen LogP contribution in [0.5, 0.6) is 0 Å². The largest absolute Gasteiger partial charge is 0.350 e. The van der Waals surface area contributed by atoms with Crippen molar-refractivity contribution in [1.29, 1.82) is 0 Å². The minimum atomic E-state index is -0.0240. The van der Waals surface area contributed by atoms with E-state index in [4.69, 9.17) is 11.6 Å². The number of nitrogens with zero attached hydrogens (tertiary/aromatic N) is 1. The van der Waals surface area contributed by atoms with Crippen LogP contribution in [-0.4, -0.2) is 17.0 Å².